The minimum Gasteiger partial charge on any atom is -0.497 e. The SMILES string of the molecule is COc1ccc2nc(C=NNC(=O)C(N)CCSC)ccc2c1. The third kappa shape index (κ3) is 4.94. The first kappa shape index (κ1) is 17.2. The first-order valence-electron chi connectivity index (χ1n) is 7.16. The second-order valence-electron chi connectivity index (χ2n) is 4.92. The van der Waals surface area contributed by atoms with E-state index < -0.39 is 6.04 Å². The number of aromatic nitrogens is 1. The van der Waals surface area contributed by atoms with Crippen molar-refractivity contribution in [1.29, 1.82) is 0 Å². The van der Waals surface area contributed by atoms with Crippen molar-refractivity contribution >= 4 is 34.8 Å². The minimum atomic E-state index is -0.545. The van der Waals surface area contributed by atoms with Crippen LogP contribution in [0.2, 0.25) is 0 Å². The van der Waals surface area contributed by atoms with E-state index in [1.54, 1.807) is 18.9 Å². The number of thioether (sulfide) groups is 1. The Bertz CT molecular complexity index is 706. The van der Waals surface area contributed by atoms with Gasteiger partial charge in [-0.25, -0.2) is 10.4 Å². The lowest BCUT2D eigenvalue weighted by Crippen LogP contribution is -2.38. The Kier molecular flexibility index (Phi) is 6.37. The number of amides is 1. The van der Waals surface area contributed by atoms with E-state index in [1.807, 2.05) is 36.6 Å². The van der Waals surface area contributed by atoms with Gasteiger partial charge in [-0.15, -0.1) is 0 Å². The van der Waals surface area contributed by atoms with Crippen molar-refractivity contribution in [2.75, 3.05) is 19.1 Å². The lowest BCUT2D eigenvalue weighted by Gasteiger charge is -2.08. The van der Waals surface area contributed by atoms with Gasteiger partial charge in [-0.2, -0.15) is 16.9 Å². The fourth-order valence-electron chi connectivity index (χ4n) is 1.94. The summed E-state index contributed by atoms with van der Waals surface area (Å²) < 4.78 is 5.18. The van der Waals surface area contributed by atoms with E-state index in [9.17, 15) is 4.79 Å². The van der Waals surface area contributed by atoms with Gasteiger partial charge in [0.25, 0.3) is 5.91 Å². The topological polar surface area (TPSA) is 89.6 Å². The molecule has 0 saturated carbocycles. The second-order valence-corrected chi connectivity index (χ2v) is 5.90. The van der Waals surface area contributed by atoms with Crippen LogP contribution in [-0.4, -0.2) is 42.3 Å². The quantitative estimate of drug-likeness (QED) is 0.596. The van der Waals surface area contributed by atoms with Crippen LogP contribution in [0.1, 0.15) is 12.1 Å². The normalized spacial score (nSPS) is 12.5. The van der Waals surface area contributed by atoms with Crippen molar-refractivity contribution in [2.45, 2.75) is 12.5 Å². The van der Waals surface area contributed by atoms with Gasteiger partial charge in [0.15, 0.2) is 0 Å². The lowest BCUT2D eigenvalue weighted by molar-refractivity contribution is -0.122. The molecule has 0 aliphatic carbocycles. The predicted molar refractivity (Wildman–Crippen MR) is 95.0 cm³/mol. The molecule has 0 spiro atoms. The number of ether oxygens (including phenoxy) is 1. The molecule has 0 bridgehead atoms. The number of hydrogen-bond donors (Lipinski definition) is 2. The lowest BCUT2D eigenvalue weighted by atomic mass is 10.2. The molecule has 3 N–H and O–H groups in total. The zero-order valence-corrected chi connectivity index (χ0v) is 14.0. The summed E-state index contributed by atoms with van der Waals surface area (Å²) in [6, 6.07) is 8.85. The summed E-state index contributed by atoms with van der Waals surface area (Å²) >= 11 is 1.65. The number of pyridine rings is 1. The number of nitrogens with zero attached hydrogens (tertiary/aromatic N) is 2. The average molecular weight is 332 g/mol. The maximum Gasteiger partial charge on any atom is 0.256 e. The van der Waals surface area contributed by atoms with Gasteiger partial charge in [-0.3, -0.25) is 4.79 Å². The zero-order valence-electron chi connectivity index (χ0n) is 13.2. The maximum absolute atomic E-state index is 11.7. The Hall–Kier alpha value is -2.12. The summed E-state index contributed by atoms with van der Waals surface area (Å²) in [5, 5.41) is 4.89. The van der Waals surface area contributed by atoms with Crippen LogP contribution in [0.3, 0.4) is 0 Å². The number of hydrogen-bond acceptors (Lipinski definition) is 6. The molecule has 1 unspecified atom stereocenters. The summed E-state index contributed by atoms with van der Waals surface area (Å²) in [7, 11) is 1.63. The first-order chi connectivity index (χ1) is 11.1. The van der Waals surface area contributed by atoms with Crippen LogP contribution in [0.5, 0.6) is 5.75 Å². The standard InChI is InChI=1S/C16H20N4O2S/c1-22-13-5-6-15-11(9-13)3-4-12(19-15)10-18-20-16(21)14(17)7-8-23-2/h3-6,9-10,14H,7-8,17H2,1-2H3,(H,20,21). The molecule has 2 rings (SSSR count). The molecule has 1 atom stereocenters. The molecule has 1 aromatic carbocycles. The van der Waals surface area contributed by atoms with Crippen LogP contribution in [0.4, 0.5) is 0 Å². The number of methoxy groups -OCH3 is 1. The van der Waals surface area contributed by atoms with Crippen molar-refractivity contribution in [2.24, 2.45) is 10.8 Å². The van der Waals surface area contributed by atoms with Crippen LogP contribution in [0.25, 0.3) is 10.9 Å². The molecule has 0 fully saturated rings. The minimum absolute atomic E-state index is 0.291. The number of nitrogens with one attached hydrogen (secondary N) is 1. The Morgan fingerprint density at radius 2 is 2.30 bits per heavy atom. The predicted octanol–water partition coefficient (Wildman–Crippen LogP) is 1.77. The van der Waals surface area contributed by atoms with Gasteiger partial charge < -0.3 is 10.5 Å². The number of hydrazone groups is 1. The van der Waals surface area contributed by atoms with Crippen LogP contribution < -0.4 is 15.9 Å². The Morgan fingerprint density at radius 3 is 3.04 bits per heavy atom. The molecule has 1 heterocycles. The monoisotopic (exact) mass is 332 g/mol. The van der Waals surface area contributed by atoms with Crippen molar-refractivity contribution in [3.63, 3.8) is 0 Å². The molecule has 0 saturated heterocycles. The second kappa shape index (κ2) is 8.50. The average Bonchev–Trinajstić information content (AvgIpc) is 2.58. The van der Waals surface area contributed by atoms with Crippen LogP contribution in [0, 0.1) is 0 Å². The van der Waals surface area contributed by atoms with E-state index in [1.165, 1.54) is 6.21 Å². The van der Waals surface area contributed by atoms with Crippen LogP contribution in [-0.2, 0) is 4.79 Å². The largest absolute Gasteiger partial charge is 0.497 e. The highest BCUT2D eigenvalue weighted by molar-refractivity contribution is 7.98. The van der Waals surface area contributed by atoms with Gasteiger partial charge in [0.05, 0.1) is 30.6 Å². The molecule has 1 aromatic heterocycles. The molecule has 1 amide bonds. The van der Waals surface area contributed by atoms with E-state index in [2.05, 4.69) is 15.5 Å². The molecule has 7 heteroatoms. The van der Waals surface area contributed by atoms with E-state index >= 15 is 0 Å². The molecular weight excluding hydrogens is 312 g/mol. The number of fused-ring (bicyclic) bond motifs is 1. The highest BCUT2D eigenvalue weighted by Crippen LogP contribution is 2.19. The highest BCUT2D eigenvalue weighted by atomic mass is 32.2. The molecule has 122 valence electrons. The number of nitrogens with two attached hydrogens (primary N) is 1. The molecule has 0 aliphatic heterocycles. The van der Waals surface area contributed by atoms with E-state index in [0.717, 1.165) is 22.4 Å². The number of carbonyl (C=O) groups excluding carboxylic acids is 1. The molecule has 0 radical (unpaired) electrons. The molecule has 2 aromatic rings. The summed E-state index contributed by atoms with van der Waals surface area (Å²) in [4.78, 5) is 16.2. The third-order valence-corrected chi connectivity index (χ3v) is 3.90. The maximum atomic E-state index is 11.7. The highest BCUT2D eigenvalue weighted by Gasteiger charge is 2.11. The van der Waals surface area contributed by atoms with E-state index in [4.69, 9.17) is 10.5 Å². The van der Waals surface area contributed by atoms with Gasteiger partial charge in [0, 0.05) is 5.39 Å². The van der Waals surface area contributed by atoms with Crippen molar-refractivity contribution in [1.82, 2.24) is 10.4 Å². The van der Waals surface area contributed by atoms with Crippen molar-refractivity contribution < 1.29 is 9.53 Å². The molecular formula is C16H20N4O2S. The number of rotatable bonds is 7. The summed E-state index contributed by atoms with van der Waals surface area (Å²) in [6.45, 7) is 0. The van der Waals surface area contributed by atoms with Gasteiger partial charge >= 0.3 is 0 Å². The number of carbonyl (C=O) groups is 1. The third-order valence-electron chi connectivity index (χ3n) is 3.26. The first-order valence-corrected chi connectivity index (χ1v) is 8.55. The Labute approximate surface area is 139 Å². The van der Waals surface area contributed by atoms with Gasteiger partial charge in [0.1, 0.15) is 5.75 Å². The van der Waals surface area contributed by atoms with Crippen molar-refractivity contribution in [3.05, 3.63) is 36.0 Å². The fraction of sp³-hybridized carbons (Fsp3) is 0.312. The van der Waals surface area contributed by atoms with Gasteiger partial charge in [-0.05, 0) is 42.7 Å². The van der Waals surface area contributed by atoms with Gasteiger partial charge in [0.2, 0.25) is 0 Å². The molecule has 6 nitrogen and oxygen atoms in total. The smallest absolute Gasteiger partial charge is 0.256 e. The van der Waals surface area contributed by atoms with Crippen LogP contribution >= 0.6 is 11.8 Å². The summed E-state index contributed by atoms with van der Waals surface area (Å²) in [6.07, 6.45) is 4.10. The number of benzene rings is 1. The molecule has 0 aliphatic rings. The van der Waals surface area contributed by atoms with E-state index in [-0.39, 0.29) is 5.91 Å². The van der Waals surface area contributed by atoms with Crippen molar-refractivity contribution in [3.8, 4) is 5.75 Å². The zero-order chi connectivity index (χ0) is 16.7. The van der Waals surface area contributed by atoms with Crippen LogP contribution in [0.15, 0.2) is 35.4 Å². The Balaban J connectivity index is 1.99. The van der Waals surface area contributed by atoms with Gasteiger partial charge in [-0.1, -0.05) is 6.07 Å². The summed E-state index contributed by atoms with van der Waals surface area (Å²) in [5.41, 5.74) is 9.68. The van der Waals surface area contributed by atoms with E-state index in [0.29, 0.717) is 12.1 Å². The molecule has 23 heavy (non-hydrogen) atoms. The Morgan fingerprint density at radius 1 is 1.48 bits per heavy atom. The fourth-order valence-corrected chi connectivity index (χ4v) is 2.43. The summed E-state index contributed by atoms with van der Waals surface area (Å²) in [5.74, 6) is 1.33.